The highest BCUT2D eigenvalue weighted by atomic mass is 19.4. The Morgan fingerprint density at radius 1 is 1.13 bits per heavy atom. The Morgan fingerprint density at radius 2 is 1.96 bits per heavy atom. The largest absolute Gasteiger partial charge is 0.433 e. The van der Waals surface area contributed by atoms with Crippen LogP contribution in [0.2, 0.25) is 0 Å². The van der Waals surface area contributed by atoms with Crippen LogP contribution in [0, 0.1) is 6.92 Å². The van der Waals surface area contributed by atoms with Crippen molar-refractivity contribution in [3.8, 4) is 11.4 Å². The lowest BCUT2D eigenvalue weighted by molar-refractivity contribution is -0.141. The number of hydrogen-bond acceptors (Lipinski definition) is 5. The number of hydrogen-bond donors (Lipinski definition) is 2. The number of aryl methyl sites for hydroxylation is 1. The van der Waals surface area contributed by atoms with Gasteiger partial charge in [0.2, 0.25) is 5.95 Å². The number of nitrogens with zero attached hydrogens (tertiary/aromatic N) is 4. The first-order valence-electron chi connectivity index (χ1n) is 6.56. The van der Waals surface area contributed by atoms with Gasteiger partial charge < -0.3 is 5.32 Å². The van der Waals surface area contributed by atoms with Gasteiger partial charge in [0.05, 0.1) is 0 Å². The third-order valence-electron chi connectivity index (χ3n) is 2.97. The molecule has 118 valence electrons. The second-order valence-electron chi connectivity index (χ2n) is 4.81. The highest BCUT2D eigenvalue weighted by Gasteiger charge is 2.32. The minimum absolute atomic E-state index is 0.131. The Morgan fingerprint density at radius 3 is 2.65 bits per heavy atom. The summed E-state index contributed by atoms with van der Waals surface area (Å²) in [5.74, 6) is 0.427. The van der Waals surface area contributed by atoms with Crippen LogP contribution in [0.3, 0.4) is 0 Å². The molecule has 2 aromatic heterocycles. The van der Waals surface area contributed by atoms with Crippen molar-refractivity contribution < 1.29 is 13.2 Å². The molecule has 0 saturated heterocycles. The number of aromatic amines is 1. The molecule has 23 heavy (non-hydrogen) atoms. The summed E-state index contributed by atoms with van der Waals surface area (Å²) < 4.78 is 38.0. The molecule has 6 nitrogen and oxygen atoms in total. The predicted octanol–water partition coefficient (Wildman–Crippen LogP) is 3.33. The van der Waals surface area contributed by atoms with Crippen molar-refractivity contribution in [3.63, 3.8) is 0 Å². The van der Waals surface area contributed by atoms with E-state index in [0.717, 1.165) is 23.4 Å². The van der Waals surface area contributed by atoms with Crippen LogP contribution in [0.15, 0.2) is 36.8 Å². The maximum Gasteiger partial charge on any atom is 0.433 e. The van der Waals surface area contributed by atoms with Crippen LogP contribution >= 0.6 is 0 Å². The lowest BCUT2D eigenvalue weighted by Gasteiger charge is -2.10. The molecule has 0 atom stereocenters. The van der Waals surface area contributed by atoms with E-state index >= 15 is 0 Å². The van der Waals surface area contributed by atoms with Gasteiger partial charge in [0, 0.05) is 17.4 Å². The third-order valence-corrected chi connectivity index (χ3v) is 2.97. The SMILES string of the molecule is Cc1cc(Nc2nccc(C(F)(F)F)n2)cc(-c2ncn[nH]2)c1. The highest BCUT2D eigenvalue weighted by molar-refractivity contribution is 5.66. The molecule has 0 radical (unpaired) electrons. The summed E-state index contributed by atoms with van der Waals surface area (Å²) >= 11 is 0. The second-order valence-corrected chi connectivity index (χ2v) is 4.81. The number of alkyl halides is 3. The fourth-order valence-corrected chi connectivity index (χ4v) is 2.04. The zero-order valence-corrected chi connectivity index (χ0v) is 11.9. The highest BCUT2D eigenvalue weighted by Crippen LogP contribution is 2.28. The number of H-pyrrole nitrogens is 1. The number of nitrogens with one attached hydrogen (secondary N) is 2. The third kappa shape index (κ3) is 3.44. The van der Waals surface area contributed by atoms with Crippen LogP contribution in [0.5, 0.6) is 0 Å². The van der Waals surface area contributed by atoms with E-state index in [9.17, 15) is 13.2 Å². The van der Waals surface area contributed by atoms with Crippen molar-refractivity contribution in [2.24, 2.45) is 0 Å². The van der Waals surface area contributed by atoms with E-state index < -0.39 is 11.9 Å². The minimum Gasteiger partial charge on any atom is -0.324 e. The molecule has 0 aliphatic heterocycles. The van der Waals surface area contributed by atoms with Crippen molar-refractivity contribution in [1.29, 1.82) is 0 Å². The number of halogens is 3. The summed E-state index contributed by atoms with van der Waals surface area (Å²) in [5, 5.41) is 9.28. The Labute approximate surface area is 128 Å². The number of anilines is 2. The van der Waals surface area contributed by atoms with E-state index in [1.165, 1.54) is 6.33 Å². The topological polar surface area (TPSA) is 79.4 Å². The van der Waals surface area contributed by atoms with Crippen LogP contribution in [-0.2, 0) is 6.18 Å². The quantitative estimate of drug-likeness (QED) is 0.774. The van der Waals surface area contributed by atoms with Crippen molar-refractivity contribution in [3.05, 3.63) is 48.0 Å². The van der Waals surface area contributed by atoms with Crippen LogP contribution < -0.4 is 5.32 Å². The van der Waals surface area contributed by atoms with Gasteiger partial charge in [-0.1, -0.05) is 0 Å². The molecule has 0 saturated carbocycles. The monoisotopic (exact) mass is 320 g/mol. The zero-order chi connectivity index (χ0) is 16.4. The molecule has 2 N–H and O–H groups in total. The first-order valence-corrected chi connectivity index (χ1v) is 6.56. The molecule has 0 bridgehead atoms. The fourth-order valence-electron chi connectivity index (χ4n) is 2.04. The Kier molecular flexibility index (Phi) is 3.68. The lowest BCUT2D eigenvalue weighted by atomic mass is 10.1. The molecule has 3 rings (SSSR count). The molecule has 2 heterocycles. The van der Waals surface area contributed by atoms with Crippen molar-refractivity contribution in [2.45, 2.75) is 13.1 Å². The van der Waals surface area contributed by atoms with E-state index in [2.05, 4.69) is 30.5 Å². The molecule has 0 aliphatic carbocycles. The number of benzene rings is 1. The van der Waals surface area contributed by atoms with E-state index in [1.54, 1.807) is 12.1 Å². The molecular formula is C14H11F3N6. The van der Waals surface area contributed by atoms with Gasteiger partial charge in [-0.2, -0.15) is 18.3 Å². The average Bonchev–Trinajstić information content (AvgIpc) is 3.00. The summed E-state index contributed by atoms with van der Waals surface area (Å²) in [6.07, 6.45) is -2.08. The van der Waals surface area contributed by atoms with Crippen LogP contribution in [0.25, 0.3) is 11.4 Å². The van der Waals surface area contributed by atoms with Crippen molar-refractivity contribution in [1.82, 2.24) is 25.1 Å². The maximum atomic E-state index is 12.7. The molecule has 0 amide bonds. The van der Waals surface area contributed by atoms with E-state index in [0.29, 0.717) is 11.5 Å². The summed E-state index contributed by atoms with van der Waals surface area (Å²) in [7, 11) is 0. The normalized spacial score (nSPS) is 11.5. The molecular weight excluding hydrogens is 309 g/mol. The van der Waals surface area contributed by atoms with Gasteiger partial charge in [-0.05, 0) is 36.8 Å². The smallest absolute Gasteiger partial charge is 0.324 e. The van der Waals surface area contributed by atoms with Gasteiger partial charge in [-0.25, -0.2) is 15.0 Å². The van der Waals surface area contributed by atoms with Crippen LogP contribution in [0.1, 0.15) is 11.3 Å². The fraction of sp³-hybridized carbons (Fsp3) is 0.143. The van der Waals surface area contributed by atoms with Crippen molar-refractivity contribution >= 4 is 11.6 Å². The van der Waals surface area contributed by atoms with E-state index in [1.807, 2.05) is 13.0 Å². The molecule has 0 aliphatic rings. The second kappa shape index (κ2) is 5.67. The molecule has 0 unspecified atom stereocenters. The van der Waals surface area contributed by atoms with Gasteiger partial charge in [0.15, 0.2) is 5.82 Å². The number of aromatic nitrogens is 5. The maximum absolute atomic E-state index is 12.7. The van der Waals surface area contributed by atoms with E-state index in [4.69, 9.17) is 0 Å². The predicted molar refractivity (Wildman–Crippen MR) is 76.9 cm³/mol. The average molecular weight is 320 g/mol. The summed E-state index contributed by atoms with van der Waals surface area (Å²) in [6.45, 7) is 1.86. The molecule has 0 fully saturated rings. The van der Waals surface area contributed by atoms with Crippen LogP contribution in [0.4, 0.5) is 24.8 Å². The van der Waals surface area contributed by atoms with Gasteiger partial charge in [-0.3, -0.25) is 5.10 Å². The summed E-state index contributed by atoms with van der Waals surface area (Å²) in [6, 6.07) is 6.18. The van der Waals surface area contributed by atoms with Gasteiger partial charge >= 0.3 is 6.18 Å². The molecule has 0 spiro atoms. The number of rotatable bonds is 3. The standard InChI is InChI=1S/C14H11F3N6/c1-8-4-9(12-19-7-20-23-12)6-10(5-8)21-13-18-3-2-11(22-13)14(15,16)17/h2-7H,1H3,(H,18,21,22)(H,19,20,23). The van der Waals surface area contributed by atoms with Crippen LogP contribution in [-0.4, -0.2) is 25.1 Å². The Hall–Kier alpha value is -2.97. The lowest BCUT2D eigenvalue weighted by Crippen LogP contribution is -2.10. The van der Waals surface area contributed by atoms with Gasteiger partial charge in [0.25, 0.3) is 0 Å². The van der Waals surface area contributed by atoms with Gasteiger partial charge in [0.1, 0.15) is 12.0 Å². The van der Waals surface area contributed by atoms with Gasteiger partial charge in [-0.15, -0.1) is 0 Å². The summed E-state index contributed by atoms with van der Waals surface area (Å²) in [4.78, 5) is 11.3. The van der Waals surface area contributed by atoms with Crippen molar-refractivity contribution in [2.75, 3.05) is 5.32 Å². The van der Waals surface area contributed by atoms with E-state index in [-0.39, 0.29) is 5.95 Å². The molecule has 1 aromatic carbocycles. The molecule has 9 heteroatoms. The Balaban J connectivity index is 1.92. The summed E-state index contributed by atoms with van der Waals surface area (Å²) in [5.41, 5.74) is 1.19. The first kappa shape index (κ1) is 14.9. The minimum atomic E-state index is -4.52. The first-order chi connectivity index (χ1) is 10.9. The molecule has 3 aromatic rings. The zero-order valence-electron chi connectivity index (χ0n) is 11.9. The Bertz CT molecular complexity index is 814.